The third-order valence-corrected chi connectivity index (χ3v) is 5.82. The van der Waals surface area contributed by atoms with E-state index in [1.807, 2.05) is 12.1 Å². The molecule has 3 aliphatic rings. The van der Waals surface area contributed by atoms with Crippen LogP contribution in [0.25, 0.3) is 0 Å². The van der Waals surface area contributed by atoms with E-state index in [9.17, 15) is 9.59 Å². The van der Waals surface area contributed by atoms with Gasteiger partial charge in [0.2, 0.25) is 11.8 Å². The summed E-state index contributed by atoms with van der Waals surface area (Å²) < 4.78 is 5.51. The van der Waals surface area contributed by atoms with E-state index in [1.54, 1.807) is 0 Å². The van der Waals surface area contributed by atoms with Crippen LogP contribution in [0.4, 0.5) is 5.69 Å². The molecule has 6 heteroatoms. The number of carbonyl (C=O) groups is 2. The molecule has 0 aliphatic carbocycles. The Hall–Kier alpha value is -1.92. The van der Waals surface area contributed by atoms with Crippen LogP contribution in [0, 0.1) is 0 Å². The van der Waals surface area contributed by atoms with Crippen LogP contribution >= 0.6 is 0 Å². The number of hydrogen-bond acceptors (Lipinski definition) is 5. The molecular weight excluding hydrogens is 330 g/mol. The number of anilines is 1. The average Bonchev–Trinajstić information content (AvgIpc) is 3.16. The second kappa shape index (κ2) is 7.76. The molecule has 3 saturated heterocycles. The lowest BCUT2D eigenvalue weighted by molar-refractivity contribution is -0.133. The molecule has 3 aliphatic heterocycles. The zero-order valence-corrected chi connectivity index (χ0v) is 15.1. The third kappa shape index (κ3) is 4.07. The number of nitrogens with zero attached hydrogens (tertiary/aromatic N) is 1. The Kier molecular flexibility index (Phi) is 5.22. The first-order valence-corrected chi connectivity index (χ1v) is 9.68. The minimum absolute atomic E-state index is 0.0118. The maximum Gasteiger partial charge on any atom is 0.227 e. The summed E-state index contributed by atoms with van der Waals surface area (Å²) in [5.74, 6) is -0.358. The lowest BCUT2D eigenvalue weighted by atomic mass is 9.89. The largest absolute Gasteiger partial charge is 0.382 e. The van der Waals surface area contributed by atoms with E-state index in [2.05, 4.69) is 27.7 Å². The molecule has 1 atom stereocenters. The Morgan fingerprint density at radius 1 is 1.08 bits per heavy atom. The summed E-state index contributed by atoms with van der Waals surface area (Å²) in [6, 6.07) is 9.29. The van der Waals surface area contributed by atoms with Crippen molar-refractivity contribution in [1.82, 2.24) is 10.2 Å². The first-order valence-electron chi connectivity index (χ1n) is 9.68. The number of hydrogen-bond donors (Lipinski definition) is 2. The van der Waals surface area contributed by atoms with Gasteiger partial charge < -0.3 is 10.1 Å². The van der Waals surface area contributed by atoms with Gasteiger partial charge in [-0.2, -0.15) is 0 Å². The smallest absolute Gasteiger partial charge is 0.227 e. The highest BCUT2D eigenvalue weighted by molar-refractivity contribution is 5.98. The second-order valence-electron chi connectivity index (χ2n) is 7.67. The number of benzene rings is 1. The van der Waals surface area contributed by atoms with Gasteiger partial charge in [-0.25, -0.2) is 0 Å². The molecule has 4 rings (SSSR count). The van der Waals surface area contributed by atoms with Crippen molar-refractivity contribution in [2.45, 2.75) is 50.1 Å². The van der Waals surface area contributed by atoms with Crippen LogP contribution in [0.15, 0.2) is 24.3 Å². The van der Waals surface area contributed by atoms with Crippen LogP contribution in [0.2, 0.25) is 0 Å². The highest BCUT2D eigenvalue weighted by Gasteiger charge is 2.28. The van der Waals surface area contributed by atoms with Crippen LogP contribution in [-0.2, 0) is 14.3 Å². The van der Waals surface area contributed by atoms with Crippen molar-refractivity contribution in [2.24, 2.45) is 0 Å². The average molecular weight is 357 g/mol. The Bertz CT molecular complexity index is 648. The van der Waals surface area contributed by atoms with Gasteiger partial charge in [0.05, 0.1) is 6.61 Å². The van der Waals surface area contributed by atoms with E-state index in [0.717, 1.165) is 56.8 Å². The van der Waals surface area contributed by atoms with Crippen LogP contribution < -0.4 is 10.6 Å². The van der Waals surface area contributed by atoms with Crippen LogP contribution in [0.3, 0.4) is 0 Å². The number of nitrogens with one attached hydrogen (secondary N) is 2. The predicted molar refractivity (Wildman–Crippen MR) is 99.0 cm³/mol. The summed E-state index contributed by atoms with van der Waals surface area (Å²) in [6.45, 7) is 4.01. The minimum Gasteiger partial charge on any atom is -0.382 e. The molecule has 3 fully saturated rings. The van der Waals surface area contributed by atoms with Gasteiger partial charge >= 0.3 is 0 Å². The molecule has 140 valence electrons. The molecule has 0 bridgehead atoms. The molecular formula is C20H27N3O3. The fourth-order valence-corrected chi connectivity index (χ4v) is 4.35. The Balaban J connectivity index is 1.34. The van der Waals surface area contributed by atoms with Gasteiger partial charge in [-0.1, -0.05) is 12.1 Å². The molecule has 0 spiro atoms. The van der Waals surface area contributed by atoms with Crippen molar-refractivity contribution < 1.29 is 14.3 Å². The van der Waals surface area contributed by atoms with Gasteiger partial charge in [-0.05, 0) is 37.0 Å². The number of imide groups is 1. The molecule has 2 amide bonds. The van der Waals surface area contributed by atoms with Crippen LogP contribution in [-0.4, -0.2) is 55.1 Å². The summed E-state index contributed by atoms with van der Waals surface area (Å²) in [5.41, 5.74) is 2.15. The van der Waals surface area contributed by atoms with E-state index in [1.165, 1.54) is 0 Å². The summed E-state index contributed by atoms with van der Waals surface area (Å²) in [7, 11) is 0. The summed E-state index contributed by atoms with van der Waals surface area (Å²) >= 11 is 0. The number of ether oxygens (including phenoxy) is 1. The predicted octanol–water partition coefficient (Wildman–Crippen LogP) is 1.87. The van der Waals surface area contributed by atoms with Crippen LogP contribution in [0.5, 0.6) is 0 Å². The van der Waals surface area contributed by atoms with E-state index < -0.39 is 0 Å². The van der Waals surface area contributed by atoms with Crippen molar-refractivity contribution in [3.05, 3.63) is 29.8 Å². The zero-order chi connectivity index (χ0) is 17.9. The van der Waals surface area contributed by atoms with Gasteiger partial charge in [0.25, 0.3) is 0 Å². The van der Waals surface area contributed by atoms with E-state index in [-0.39, 0.29) is 17.7 Å². The zero-order valence-electron chi connectivity index (χ0n) is 15.1. The molecule has 1 aromatic rings. The quantitative estimate of drug-likeness (QED) is 0.805. The van der Waals surface area contributed by atoms with Gasteiger partial charge in [-0.3, -0.25) is 19.8 Å². The fraction of sp³-hybridized carbons (Fsp3) is 0.600. The second-order valence-corrected chi connectivity index (χ2v) is 7.67. The first kappa shape index (κ1) is 17.5. The highest BCUT2D eigenvalue weighted by Crippen LogP contribution is 2.29. The molecule has 0 radical (unpaired) electrons. The van der Waals surface area contributed by atoms with Crippen molar-refractivity contribution >= 4 is 17.5 Å². The van der Waals surface area contributed by atoms with E-state index >= 15 is 0 Å². The van der Waals surface area contributed by atoms with Crippen molar-refractivity contribution in [1.29, 1.82) is 0 Å². The van der Waals surface area contributed by atoms with Crippen molar-refractivity contribution in [3.63, 3.8) is 0 Å². The normalized spacial score (nSPS) is 26.1. The minimum atomic E-state index is -0.173. The molecule has 26 heavy (non-hydrogen) atoms. The maximum atomic E-state index is 11.6. The lowest BCUT2D eigenvalue weighted by Crippen LogP contribution is -2.44. The Morgan fingerprint density at radius 2 is 1.85 bits per heavy atom. The monoisotopic (exact) mass is 357 g/mol. The topological polar surface area (TPSA) is 70.7 Å². The molecule has 1 aromatic carbocycles. The standard InChI is InChI=1S/C20H27N3O3/c24-19-11-15(12-20(25)22-19)14-2-1-3-17(10-14)21-16-4-7-23(8-5-16)18-6-9-26-13-18/h1-3,10,15-16,18,21H,4-9,11-13H2,(H,22,24,25). The van der Waals surface area contributed by atoms with Crippen molar-refractivity contribution in [2.75, 3.05) is 31.6 Å². The van der Waals surface area contributed by atoms with Gasteiger partial charge in [0.1, 0.15) is 0 Å². The van der Waals surface area contributed by atoms with E-state index in [0.29, 0.717) is 24.9 Å². The number of piperidine rings is 2. The Labute approximate surface area is 154 Å². The van der Waals surface area contributed by atoms with Gasteiger partial charge in [0.15, 0.2) is 0 Å². The summed E-state index contributed by atoms with van der Waals surface area (Å²) in [4.78, 5) is 25.8. The number of rotatable bonds is 4. The highest BCUT2D eigenvalue weighted by atomic mass is 16.5. The van der Waals surface area contributed by atoms with E-state index in [4.69, 9.17) is 4.74 Å². The summed E-state index contributed by atoms with van der Waals surface area (Å²) in [6.07, 6.45) is 4.19. The first-order chi connectivity index (χ1) is 12.7. The molecule has 0 saturated carbocycles. The molecule has 2 N–H and O–H groups in total. The number of carbonyl (C=O) groups excluding carboxylic acids is 2. The molecule has 6 nitrogen and oxygen atoms in total. The number of likely N-dealkylation sites (tertiary alicyclic amines) is 1. The third-order valence-electron chi connectivity index (χ3n) is 5.82. The number of amides is 2. The van der Waals surface area contributed by atoms with Gasteiger partial charge in [0, 0.05) is 56.2 Å². The maximum absolute atomic E-state index is 11.6. The Morgan fingerprint density at radius 3 is 2.54 bits per heavy atom. The molecule has 1 unspecified atom stereocenters. The van der Waals surface area contributed by atoms with Crippen molar-refractivity contribution in [3.8, 4) is 0 Å². The van der Waals surface area contributed by atoms with Crippen LogP contribution in [0.1, 0.15) is 43.6 Å². The SMILES string of the molecule is O=C1CC(c2cccc(NC3CCN(C4CCOC4)CC3)c2)CC(=O)N1. The van der Waals surface area contributed by atoms with Gasteiger partial charge in [-0.15, -0.1) is 0 Å². The summed E-state index contributed by atoms with van der Waals surface area (Å²) in [5, 5.41) is 6.03. The fourth-order valence-electron chi connectivity index (χ4n) is 4.35. The molecule has 3 heterocycles. The lowest BCUT2D eigenvalue weighted by Gasteiger charge is -2.36. The molecule has 0 aromatic heterocycles.